The molecule has 1 heterocycles. The molecule has 0 unspecified atom stereocenters. The molecule has 16 heavy (non-hydrogen) atoms. The molecular formula is C11H6F2N2O. The predicted octanol–water partition coefficient (Wildman–Crippen LogP) is 1.99. The van der Waals surface area contributed by atoms with Gasteiger partial charge in [0.1, 0.15) is 0 Å². The van der Waals surface area contributed by atoms with Gasteiger partial charge in [0.2, 0.25) is 0 Å². The number of rotatable bonds is 2. The summed E-state index contributed by atoms with van der Waals surface area (Å²) >= 11 is 0. The molecule has 0 atom stereocenters. The van der Waals surface area contributed by atoms with Crippen molar-refractivity contribution in [2.75, 3.05) is 0 Å². The number of hydrogen-bond acceptors (Lipinski definition) is 3. The monoisotopic (exact) mass is 220 g/mol. The first-order chi connectivity index (χ1) is 7.68. The standard InChI is InChI=1S/C11H6F2N2O/c12-9-2-1-7(5-10(9)13)11(16)8-3-4-14-15-6-8/h1-6H. The van der Waals surface area contributed by atoms with Crippen LogP contribution in [0.15, 0.2) is 36.7 Å². The zero-order valence-electron chi connectivity index (χ0n) is 8.02. The fourth-order valence-electron chi connectivity index (χ4n) is 1.23. The van der Waals surface area contributed by atoms with Crippen LogP contribution in [0.4, 0.5) is 8.78 Å². The maximum atomic E-state index is 12.9. The maximum Gasteiger partial charge on any atom is 0.194 e. The molecule has 80 valence electrons. The molecule has 5 heteroatoms. The number of carbonyl (C=O) groups excluding carboxylic acids is 1. The molecule has 3 nitrogen and oxygen atoms in total. The molecule has 2 aromatic rings. The van der Waals surface area contributed by atoms with E-state index in [1.807, 2.05) is 0 Å². The molecule has 0 bridgehead atoms. The Morgan fingerprint density at radius 3 is 2.44 bits per heavy atom. The molecule has 2 rings (SSSR count). The third-order valence-corrected chi connectivity index (χ3v) is 2.03. The number of aromatic nitrogens is 2. The van der Waals surface area contributed by atoms with Gasteiger partial charge >= 0.3 is 0 Å². The van der Waals surface area contributed by atoms with Gasteiger partial charge < -0.3 is 0 Å². The number of halogens is 2. The van der Waals surface area contributed by atoms with Gasteiger partial charge in [-0.2, -0.15) is 10.2 Å². The maximum absolute atomic E-state index is 12.9. The molecule has 1 aromatic carbocycles. The summed E-state index contributed by atoms with van der Waals surface area (Å²) in [7, 11) is 0. The first-order valence-electron chi connectivity index (χ1n) is 4.45. The van der Waals surface area contributed by atoms with Crippen molar-refractivity contribution >= 4 is 5.78 Å². The summed E-state index contributed by atoms with van der Waals surface area (Å²) in [5, 5.41) is 7.05. The van der Waals surface area contributed by atoms with Crippen molar-refractivity contribution in [1.29, 1.82) is 0 Å². The Morgan fingerprint density at radius 1 is 1.00 bits per heavy atom. The lowest BCUT2D eigenvalue weighted by Gasteiger charge is -2.00. The van der Waals surface area contributed by atoms with Gasteiger partial charge in [0.15, 0.2) is 17.4 Å². The van der Waals surface area contributed by atoms with E-state index in [4.69, 9.17) is 0 Å². The van der Waals surface area contributed by atoms with Gasteiger partial charge in [-0.3, -0.25) is 4.79 Å². The average molecular weight is 220 g/mol. The van der Waals surface area contributed by atoms with Crippen molar-refractivity contribution < 1.29 is 13.6 Å². The third kappa shape index (κ3) is 1.93. The van der Waals surface area contributed by atoms with E-state index in [2.05, 4.69) is 10.2 Å². The zero-order chi connectivity index (χ0) is 11.5. The molecule has 0 aliphatic rings. The lowest BCUT2D eigenvalue weighted by atomic mass is 10.1. The highest BCUT2D eigenvalue weighted by molar-refractivity contribution is 6.08. The number of benzene rings is 1. The van der Waals surface area contributed by atoms with Crippen molar-refractivity contribution in [1.82, 2.24) is 10.2 Å². The van der Waals surface area contributed by atoms with E-state index >= 15 is 0 Å². The summed E-state index contributed by atoms with van der Waals surface area (Å²) in [6.07, 6.45) is 2.62. The number of carbonyl (C=O) groups is 1. The summed E-state index contributed by atoms with van der Waals surface area (Å²) in [5.41, 5.74) is 0.355. The van der Waals surface area contributed by atoms with Gasteiger partial charge in [0.05, 0.1) is 12.4 Å². The second-order valence-electron chi connectivity index (χ2n) is 3.09. The predicted molar refractivity (Wildman–Crippen MR) is 51.8 cm³/mol. The molecule has 0 amide bonds. The number of nitrogens with zero attached hydrogens (tertiary/aromatic N) is 2. The van der Waals surface area contributed by atoms with Crippen molar-refractivity contribution in [3.05, 3.63) is 59.4 Å². The van der Waals surface area contributed by atoms with Crippen LogP contribution in [0.2, 0.25) is 0 Å². The fourth-order valence-corrected chi connectivity index (χ4v) is 1.23. The normalized spacial score (nSPS) is 10.1. The van der Waals surface area contributed by atoms with Crippen LogP contribution in [-0.4, -0.2) is 16.0 Å². The minimum atomic E-state index is -1.05. The topological polar surface area (TPSA) is 42.9 Å². The molecule has 0 saturated carbocycles. The number of hydrogen-bond donors (Lipinski definition) is 0. The van der Waals surface area contributed by atoms with Crippen molar-refractivity contribution in [3.8, 4) is 0 Å². The highest BCUT2D eigenvalue weighted by Crippen LogP contribution is 2.12. The van der Waals surface area contributed by atoms with E-state index in [0.717, 1.165) is 12.1 Å². The quantitative estimate of drug-likeness (QED) is 0.727. The van der Waals surface area contributed by atoms with Crippen LogP contribution in [0.1, 0.15) is 15.9 Å². The summed E-state index contributed by atoms with van der Waals surface area (Å²) in [4.78, 5) is 11.8. The highest BCUT2D eigenvalue weighted by Gasteiger charge is 2.11. The van der Waals surface area contributed by atoms with Crippen LogP contribution in [0.3, 0.4) is 0 Å². The van der Waals surface area contributed by atoms with Crippen molar-refractivity contribution in [3.63, 3.8) is 0 Å². The lowest BCUT2D eigenvalue weighted by molar-refractivity contribution is 0.103. The average Bonchev–Trinajstić information content (AvgIpc) is 2.33. The Hall–Kier alpha value is -2.17. The Kier molecular flexibility index (Phi) is 2.68. The van der Waals surface area contributed by atoms with E-state index in [0.29, 0.717) is 0 Å². The second kappa shape index (κ2) is 4.14. The lowest BCUT2D eigenvalue weighted by Crippen LogP contribution is -2.03. The van der Waals surface area contributed by atoms with E-state index in [1.54, 1.807) is 0 Å². The Bertz CT molecular complexity index is 529. The molecule has 0 aliphatic carbocycles. The second-order valence-corrected chi connectivity index (χ2v) is 3.09. The van der Waals surface area contributed by atoms with E-state index < -0.39 is 17.4 Å². The summed E-state index contributed by atoms with van der Waals surface area (Å²) in [6.45, 7) is 0. The van der Waals surface area contributed by atoms with Crippen LogP contribution in [0, 0.1) is 11.6 Å². The fraction of sp³-hybridized carbons (Fsp3) is 0. The number of ketones is 1. The van der Waals surface area contributed by atoms with Crippen LogP contribution >= 0.6 is 0 Å². The molecule has 0 N–H and O–H groups in total. The first kappa shape index (κ1) is 10.4. The van der Waals surface area contributed by atoms with E-state index in [-0.39, 0.29) is 11.1 Å². The summed E-state index contributed by atoms with van der Waals surface area (Å²) in [6, 6.07) is 4.45. The molecule has 0 saturated heterocycles. The van der Waals surface area contributed by atoms with Crippen molar-refractivity contribution in [2.24, 2.45) is 0 Å². The largest absolute Gasteiger partial charge is 0.289 e. The Morgan fingerprint density at radius 2 is 1.81 bits per heavy atom. The molecule has 1 aromatic heterocycles. The van der Waals surface area contributed by atoms with E-state index in [1.165, 1.54) is 24.5 Å². The molecular weight excluding hydrogens is 214 g/mol. The Balaban J connectivity index is 2.39. The van der Waals surface area contributed by atoms with E-state index in [9.17, 15) is 13.6 Å². The SMILES string of the molecule is O=C(c1ccnnc1)c1ccc(F)c(F)c1. The van der Waals surface area contributed by atoms with Gasteiger partial charge in [-0.05, 0) is 24.3 Å². The van der Waals surface area contributed by atoms with Gasteiger partial charge in [-0.1, -0.05) is 0 Å². The summed E-state index contributed by atoms with van der Waals surface area (Å²) in [5.74, 6) is -2.45. The Labute approximate surface area is 89.8 Å². The van der Waals surface area contributed by atoms with Crippen LogP contribution < -0.4 is 0 Å². The molecule has 0 radical (unpaired) electrons. The van der Waals surface area contributed by atoms with Crippen LogP contribution in [0.5, 0.6) is 0 Å². The molecule has 0 spiro atoms. The van der Waals surface area contributed by atoms with Crippen LogP contribution in [-0.2, 0) is 0 Å². The minimum absolute atomic E-state index is 0.0758. The summed E-state index contributed by atoms with van der Waals surface area (Å²) < 4.78 is 25.6. The van der Waals surface area contributed by atoms with Crippen LogP contribution in [0.25, 0.3) is 0 Å². The molecule has 0 aliphatic heterocycles. The van der Waals surface area contributed by atoms with Gasteiger partial charge in [-0.25, -0.2) is 8.78 Å². The van der Waals surface area contributed by atoms with Gasteiger partial charge in [0.25, 0.3) is 0 Å². The smallest absolute Gasteiger partial charge is 0.194 e. The van der Waals surface area contributed by atoms with Gasteiger partial charge in [0, 0.05) is 11.1 Å². The molecule has 0 fully saturated rings. The first-order valence-corrected chi connectivity index (χ1v) is 4.45. The van der Waals surface area contributed by atoms with Crippen molar-refractivity contribution in [2.45, 2.75) is 0 Å². The van der Waals surface area contributed by atoms with Gasteiger partial charge in [-0.15, -0.1) is 0 Å². The minimum Gasteiger partial charge on any atom is -0.289 e. The highest BCUT2D eigenvalue weighted by atomic mass is 19.2. The third-order valence-electron chi connectivity index (χ3n) is 2.03. The zero-order valence-corrected chi connectivity index (χ0v) is 8.02.